The molecule has 3 nitrogen and oxygen atoms in total. The van der Waals surface area contributed by atoms with Gasteiger partial charge in [-0.05, 0) is 45.4 Å². The average Bonchev–Trinajstić information content (AvgIpc) is 2.61. The van der Waals surface area contributed by atoms with Crippen molar-refractivity contribution in [1.82, 2.24) is 4.90 Å². The largest absolute Gasteiger partial charge is 0.339 e. The van der Waals surface area contributed by atoms with Gasteiger partial charge in [0.15, 0.2) is 0 Å². The van der Waals surface area contributed by atoms with Crippen LogP contribution in [0.25, 0.3) is 0 Å². The second-order valence-electron chi connectivity index (χ2n) is 6.15. The van der Waals surface area contributed by atoms with Gasteiger partial charge < -0.3 is 10.6 Å². The quantitative estimate of drug-likeness (QED) is 0.778. The van der Waals surface area contributed by atoms with Crippen LogP contribution >= 0.6 is 0 Å². The molecule has 1 amide bonds. The summed E-state index contributed by atoms with van der Waals surface area (Å²) in [6, 6.07) is 0.531. The minimum atomic E-state index is -0.372. The van der Waals surface area contributed by atoms with Gasteiger partial charge in [-0.2, -0.15) is 0 Å². The Kier molecular flexibility index (Phi) is 3.24. The Morgan fingerprint density at radius 2 is 2.00 bits per heavy atom. The van der Waals surface area contributed by atoms with E-state index in [2.05, 4.69) is 4.90 Å². The highest BCUT2D eigenvalue weighted by Gasteiger charge is 2.37. The summed E-state index contributed by atoms with van der Waals surface area (Å²) >= 11 is 0. The van der Waals surface area contributed by atoms with Crippen molar-refractivity contribution in [2.75, 3.05) is 6.54 Å². The van der Waals surface area contributed by atoms with E-state index in [4.69, 9.17) is 5.73 Å². The number of hydrogen-bond acceptors (Lipinski definition) is 2. The summed E-state index contributed by atoms with van der Waals surface area (Å²) in [5.41, 5.74) is 5.56. The van der Waals surface area contributed by atoms with Crippen LogP contribution in [0, 0.1) is 5.92 Å². The van der Waals surface area contributed by atoms with E-state index in [9.17, 15) is 4.79 Å². The van der Waals surface area contributed by atoms with Crippen molar-refractivity contribution in [3.05, 3.63) is 0 Å². The van der Waals surface area contributed by atoms with Gasteiger partial charge >= 0.3 is 0 Å². The molecule has 0 bridgehead atoms. The summed E-state index contributed by atoms with van der Waals surface area (Å²) in [6.45, 7) is 4.82. The lowest BCUT2D eigenvalue weighted by Gasteiger charge is -2.39. The molecule has 0 aromatic heterocycles. The second-order valence-corrected chi connectivity index (χ2v) is 6.15. The fourth-order valence-electron chi connectivity index (χ4n) is 3.25. The van der Waals surface area contributed by atoms with Crippen LogP contribution in [0.15, 0.2) is 0 Å². The van der Waals surface area contributed by atoms with E-state index in [0.29, 0.717) is 12.5 Å². The lowest BCUT2D eigenvalue weighted by atomic mass is 9.90. The van der Waals surface area contributed by atoms with Crippen molar-refractivity contribution in [2.24, 2.45) is 11.7 Å². The molecule has 16 heavy (non-hydrogen) atoms. The molecule has 0 aromatic carbocycles. The third-order valence-corrected chi connectivity index (χ3v) is 3.92. The maximum absolute atomic E-state index is 12.2. The zero-order chi connectivity index (χ0) is 11.8. The van der Waals surface area contributed by atoms with Crippen molar-refractivity contribution in [3.8, 4) is 0 Å². The van der Waals surface area contributed by atoms with Gasteiger partial charge in [-0.3, -0.25) is 4.79 Å². The first-order chi connectivity index (χ1) is 7.47. The Morgan fingerprint density at radius 3 is 2.69 bits per heavy atom. The highest BCUT2D eigenvalue weighted by molar-refractivity contribution is 5.77. The summed E-state index contributed by atoms with van der Waals surface area (Å²) < 4.78 is 0. The van der Waals surface area contributed by atoms with Gasteiger partial charge in [0.25, 0.3) is 0 Å². The van der Waals surface area contributed by atoms with Crippen molar-refractivity contribution < 1.29 is 4.79 Å². The second kappa shape index (κ2) is 4.36. The molecule has 2 fully saturated rings. The number of nitrogens with two attached hydrogens (primary N) is 1. The first-order valence-corrected chi connectivity index (χ1v) is 6.56. The van der Waals surface area contributed by atoms with Crippen LogP contribution in [0.1, 0.15) is 52.4 Å². The lowest BCUT2D eigenvalue weighted by Crippen LogP contribution is -2.49. The summed E-state index contributed by atoms with van der Waals surface area (Å²) in [5.74, 6) is 1.04. The van der Waals surface area contributed by atoms with Gasteiger partial charge in [0.1, 0.15) is 0 Å². The van der Waals surface area contributed by atoms with Gasteiger partial charge in [0.2, 0.25) is 5.91 Å². The van der Waals surface area contributed by atoms with Crippen LogP contribution in [0.4, 0.5) is 0 Å². The highest BCUT2D eigenvalue weighted by atomic mass is 16.2. The van der Waals surface area contributed by atoms with Crippen LogP contribution in [0.2, 0.25) is 0 Å². The molecule has 2 rings (SSSR count). The van der Waals surface area contributed by atoms with Crippen molar-refractivity contribution in [1.29, 1.82) is 0 Å². The fraction of sp³-hybridized carbons (Fsp3) is 0.923. The topological polar surface area (TPSA) is 46.3 Å². The minimum absolute atomic E-state index is 0.268. The van der Waals surface area contributed by atoms with Crippen LogP contribution in [-0.2, 0) is 4.79 Å². The Labute approximate surface area is 98.4 Å². The molecule has 0 aromatic rings. The predicted molar refractivity (Wildman–Crippen MR) is 65.0 cm³/mol. The minimum Gasteiger partial charge on any atom is -0.339 e. The molecule has 92 valence electrons. The van der Waals surface area contributed by atoms with E-state index < -0.39 is 0 Å². The number of carbonyl (C=O) groups excluding carboxylic acids is 1. The Morgan fingerprint density at radius 1 is 1.31 bits per heavy atom. The molecule has 1 saturated carbocycles. The first kappa shape index (κ1) is 11.9. The van der Waals surface area contributed by atoms with Gasteiger partial charge in [0, 0.05) is 24.5 Å². The number of carbonyl (C=O) groups is 1. The normalized spacial score (nSPS) is 30.3. The van der Waals surface area contributed by atoms with Crippen molar-refractivity contribution >= 4 is 5.91 Å². The SMILES string of the molecule is CC(C)(N)CC(=O)N1CCCC2CCCC21. The van der Waals surface area contributed by atoms with E-state index >= 15 is 0 Å². The fourth-order valence-corrected chi connectivity index (χ4v) is 3.25. The molecule has 3 heteroatoms. The molecule has 2 unspecified atom stereocenters. The number of likely N-dealkylation sites (tertiary alicyclic amines) is 1. The number of nitrogens with zero attached hydrogens (tertiary/aromatic N) is 1. The number of hydrogen-bond donors (Lipinski definition) is 1. The molecule has 2 aliphatic rings. The van der Waals surface area contributed by atoms with Gasteiger partial charge in [0.05, 0.1) is 0 Å². The maximum Gasteiger partial charge on any atom is 0.224 e. The Bertz CT molecular complexity index is 270. The van der Waals surface area contributed by atoms with Gasteiger partial charge in [-0.15, -0.1) is 0 Å². The summed E-state index contributed by atoms with van der Waals surface area (Å²) in [7, 11) is 0. The molecular formula is C13H24N2O. The number of fused-ring (bicyclic) bond motifs is 1. The number of piperidine rings is 1. The predicted octanol–water partition coefficient (Wildman–Crippen LogP) is 1.90. The lowest BCUT2D eigenvalue weighted by molar-refractivity contribution is -0.136. The number of rotatable bonds is 2. The summed E-state index contributed by atoms with van der Waals surface area (Å²) in [4.78, 5) is 14.3. The van der Waals surface area contributed by atoms with E-state index in [1.807, 2.05) is 13.8 Å². The molecule has 1 saturated heterocycles. The van der Waals surface area contributed by atoms with E-state index in [-0.39, 0.29) is 11.4 Å². The molecule has 1 aliphatic heterocycles. The summed E-state index contributed by atoms with van der Waals surface area (Å²) in [6.07, 6.45) is 6.81. The van der Waals surface area contributed by atoms with Crippen molar-refractivity contribution in [2.45, 2.75) is 64.0 Å². The van der Waals surface area contributed by atoms with E-state index in [1.54, 1.807) is 0 Å². The van der Waals surface area contributed by atoms with Crippen LogP contribution < -0.4 is 5.73 Å². The van der Waals surface area contributed by atoms with E-state index in [1.165, 1.54) is 32.1 Å². The monoisotopic (exact) mass is 224 g/mol. The molecule has 0 spiro atoms. The summed E-state index contributed by atoms with van der Waals surface area (Å²) in [5, 5.41) is 0. The van der Waals surface area contributed by atoms with Crippen LogP contribution in [0.5, 0.6) is 0 Å². The maximum atomic E-state index is 12.2. The van der Waals surface area contributed by atoms with Crippen LogP contribution in [0.3, 0.4) is 0 Å². The standard InChI is InChI=1S/C13H24N2O/c1-13(2,14)9-12(16)15-8-4-6-10-5-3-7-11(10)15/h10-11H,3-9,14H2,1-2H3. The molecule has 1 aliphatic carbocycles. The molecular weight excluding hydrogens is 200 g/mol. The molecule has 2 atom stereocenters. The third kappa shape index (κ3) is 2.57. The Balaban J connectivity index is 2.00. The third-order valence-electron chi connectivity index (χ3n) is 3.92. The first-order valence-electron chi connectivity index (χ1n) is 6.56. The van der Waals surface area contributed by atoms with E-state index in [0.717, 1.165) is 12.5 Å². The average molecular weight is 224 g/mol. The molecule has 0 radical (unpaired) electrons. The molecule has 1 heterocycles. The molecule has 2 N–H and O–H groups in total. The zero-order valence-electron chi connectivity index (χ0n) is 10.5. The number of amides is 1. The Hall–Kier alpha value is -0.570. The zero-order valence-corrected chi connectivity index (χ0v) is 10.5. The van der Waals surface area contributed by atoms with Gasteiger partial charge in [-0.25, -0.2) is 0 Å². The smallest absolute Gasteiger partial charge is 0.224 e. The van der Waals surface area contributed by atoms with Gasteiger partial charge in [-0.1, -0.05) is 6.42 Å². The highest BCUT2D eigenvalue weighted by Crippen LogP contribution is 2.37. The van der Waals surface area contributed by atoms with Crippen molar-refractivity contribution in [3.63, 3.8) is 0 Å². The van der Waals surface area contributed by atoms with Crippen LogP contribution in [-0.4, -0.2) is 28.9 Å².